The van der Waals surface area contributed by atoms with Crippen molar-refractivity contribution >= 4 is 39.1 Å². The van der Waals surface area contributed by atoms with Crippen molar-refractivity contribution in [2.45, 2.75) is 57.6 Å². The number of benzene rings is 3. The first-order chi connectivity index (χ1) is 18.4. The Labute approximate surface area is 234 Å². The monoisotopic (exact) mass is 573 g/mol. The number of halogens is 2. The van der Waals surface area contributed by atoms with Gasteiger partial charge in [0.2, 0.25) is 11.8 Å². The standard InChI is InChI=1S/C29H33ClFN3O4S/c1-5-21(3)32-29(36)22(4)33(18-23-12-14-24(31)15-13-23)28(35)19-34(25-16-11-20(2)27(30)17-25)39(37,38)26-9-7-6-8-10-26/h6-17,21-22H,5,18-19H2,1-4H3,(H,32,36)/t21-,22-/m0/s1. The van der Waals surface area contributed by atoms with Gasteiger partial charge in [-0.3, -0.25) is 13.9 Å². The van der Waals surface area contributed by atoms with Gasteiger partial charge in [-0.1, -0.05) is 54.9 Å². The van der Waals surface area contributed by atoms with Crippen LogP contribution in [0.3, 0.4) is 0 Å². The van der Waals surface area contributed by atoms with Gasteiger partial charge >= 0.3 is 0 Å². The molecule has 0 spiro atoms. The molecule has 3 aromatic carbocycles. The third-order valence-electron chi connectivity index (χ3n) is 6.49. The van der Waals surface area contributed by atoms with Gasteiger partial charge in [0.05, 0.1) is 10.6 Å². The zero-order valence-electron chi connectivity index (χ0n) is 22.4. The predicted octanol–water partition coefficient (Wildman–Crippen LogP) is 5.31. The quantitative estimate of drug-likeness (QED) is 0.337. The number of amides is 2. The van der Waals surface area contributed by atoms with Crippen molar-refractivity contribution in [2.24, 2.45) is 0 Å². The second kappa shape index (κ2) is 13.1. The molecule has 2 atom stereocenters. The van der Waals surface area contributed by atoms with E-state index in [1.807, 2.05) is 13.8 Å². The maximum absolute atomic E-state index is 13.9. The van der Waals surface area contributed by atoms with E-state index in [2.05, 4.69) is 5.32 Å². The van der Waals surface area contributed by atoms with Crippen LogP contribution in [0.5, 0.6) is 0 Å². The third kappa shape index (κ3) is 7.58. The van der Waals surface area contributed by atoms with E-state index in [0.29, 0.717) is 17.0 Å². The number of nitrogens with zero attached hydrogens (tertiary/aromatic N) is 2. The molecule has 0 unspecified atom stereocenters. The molecule has 208 valence electrons. The first-order valence-electron chi connectivity index (χ1n) is 12.6. The highest BCUT2D eigenvalue weighted by Gasteiger charge is 2.33. The molecule has 1 N–H and O–H groups in total. The van der Waals surface area contributed by atoms with Crippen LogP contribution in [0.1, 0.15) is 38.3 Å². The van der Waals surface area contributed by atoms with Crippen molar-refractivity contribution in [1.29, 1.82) is 0 Å². The number of carbonyl (C=O) groups excluding carboxylic acids is 2. The number of rotatable bonds is 11. The average molecular weight is 574 g/mol. The molecule has 0 heterocycles. The van der Waals surface area contributed by atoms with Crippen LogP contribution in [-0.4, -0.2) is 43.8 Å². The Balaban J connectivity index is 2.03. The normalized spacial score (nSPS) is 12.9. The highest BCUT2D eigenvalue weighted by atomic mass is 35.5. The number of sulfonamides is 1. The summed E-state index contributed by atoms with van der Waals surface area (Å²) in [6.07, 6.45) is 0.696. The van der Waals surface area contributed by atoms with E-state index in [1.54, 1.807) is 44.2 Å². The first-order valence-corrected chi connectivity index (χ1v) is 14.4. The summed E-state index contributed by atoms with van der Waals surface area (Å²) in [5, 5.41) is 3.22. The molecular weight excluding hydrogens is 541 g/mol. The van der Waals surface area contributed by atoms with Crippen LogP contribution in [-0.2, 0) is 26.2 Å². The van der Waals surface area contributed by atoms with E-state index in [0.717, 1.165) is 9.87 Å². The highest BCUT2D eigenvalue weighted by Crippen LogP contribution is 2.28. The molecular formula is C29H33ClFN3O4S. The highest BCUT2D eigenvalue weighted by molar-refractivity contribution is 7.92. The van der Waals surface area contributed by atoms with Crippen LogP contribution in [0.2, 0.25) is 5.02 Å². The van der Waals surface area contributed by atoms with E-state index in [-0.39, 0.29) is 29.1 Å². The Kier molecular flexibility index (Phi) is 10.1. The van der Waals surface area contributed by atoms with Crippen molar-refractivity contribution in [3.8, 4) is 0 Å². The molecule has 0 bridgehead atoms. The van der Waals surface area contributed by atoms with Crippen LogP contribution >= 0.6 is 11.6 Å². The van der Waals surface area contributed by atoms with Gasteiger partial charge in [0.25, 0.3) is 10.0 Å². The summed E-state index contributed by atoms with van der Waals surface area (Å²) in [5.74, 6) is -1.42. The van der Waals surface area contributed by atoms with Crippen molar-refractivity contribution in [3.05, 3.63) is 94.8 Å². The second-order valence-corrected chi connectivity index (χ2v) is 11.7. The minimum atomic E-state index is -4.18. The molecule has 0 radical (unpaired) electrons. The Morgan fingerprint density at radius 2 is 1.64 bits per heavy atom. The van der Waals surface area contributed by atoms with Gasteiger partial charge in [0.15, 0.2) is 0 Å². The van der Waals surface area contributed by atoms with Crippen LogP contribution in [0.25, 0.3) is 0 Å². The van der Waals surface area contributed by atoms with Crippen LogP contribution < -0.4 is 9.62 Å². The number of hydrogen-bond acceptors (Lipinski definition) is 4. The van der Waals surface area contributed by atoms with E-state index in [4.69, 9.17) is 11.6 Å². The summed E-state index contributed by atoms with van der Waals surface area (Å²) in [6, 6.07) is 17.0. The lowest BCUT2D eigenvalue weighted by atomic mass is 10.1. The largest absolute Gasteiger partial charge is 0.352 e. The van der Waals surface area contributed by atoms with Crippen molar-refractivity contribution in [2.75, 3.05) is 10.8 Å². The Hall–Kier alpha value is -3.43. The lowest BCUT2D eigenvalue weighted by molar-refractivity contribution is -0.139. The first kappa shape index (κ1) is 30.1. The molecule has 0 aliphatic carbocycles. The smallest absolute Gasteiger partial charge is 0.264 e. The minimum absolute atomic E-state index is 0.00199. The lowest BCUT2D eigenvalue weighted by Crippen LogP contribution is -2.52. The molecule has 0 aromatic heterocycles. The van der Waals surface area contributed by atoms with Gasteiger partial charge in [-0.25, -0.2) is 12.8 Å². The van der Waals surface area contributed by atoms with Gasteiger partial charge in [-0.05, 0) is 74.7 Å². The topological polar surface area (TPSA) is 86.8 Å². The van der Waals surface area contributed by atoms with Crippen LogP contribution in [0, 0.1) is 12.7 Å². The Bertz CT molecular complexity index is 1400. The van der Waals surface area contributed by atoms with E-state index in [9.17, 15) is 22.4 Å². The van der Waals surface area contributed by atoms with E-state index < -0.39 is 34.3 Å². The zero-order valence-corrected chi connectivity index (χ0v) is 24.0. The zero-order chi connectivity index (χ0) is 28.7. The fourth-order valence-electron chi connectivity index (χ4n) is 3.82. The molecule has 10 heteroatoms. The van der Waals surface area contributed by atoms with Crippen LogP contribution in [0.4, 0.5) is 10.1 Å². The summed E-state index contributed by atoms with van der Waals surface area (Å²) < 4.78 is 42.1. The number of carbonyl (C=O) groups is 2. The maximum Gasteiger partial charge on any atom is 0.264 e. The Morgan fingerprint density at radius 3 is 2.23 bits per heavy atom. The molecule has 39 heavy (non-hydrogen) atoms. The van der Waals surface area contributed by atoms with Crippen molar-refractivity contribution in [1.82, 2.24) is 10.2 Å². The summed E-state index contributed by atoms with van der Waals surface area (Å²) in [5.41, 5.74) is 1.54. The minimum Gasteiger partial charge on any atom is -0.352 e. The molecule has 3 aromatic rings. The van der Waals surface area contributed by atoms with Gasteiger partial charge in [0.1, 0.15) is 18.4 Å². The summed E-state index contributed by atoms with van der Waals surface area (Å²) in [4.78, 5) is 28.2. The number of nitrogens with one attached hydrogen (secondary N) is 1. The van der Waals surface area contributed by atoms with Gasteiger partial charge in [-0.15, -0.1) is 0 Å². The molecule has 0 saturated carbocycles. The molecule has 2 amide bonds. The molecule has 0 fully saturated rings. The summed E-state index contributed by atoms with van der Waals surface area (Å²) in [7, 11) is -4.18. The van der Waals surface area contributed by atoms with Crippen LogP contribution in [0.15, 0.2) is 77.7 Å². The average Bonchev–Trinajstić information content (AvgIpc) is 2.92. The van der Waals surface area contributed by atoms with Gasteiger partial charge in [-0.2, -0.15) is 0 Å². The number of hydrogen-bond donors (Lipinski definition) is 1. The predicted molar refractivity (Wildman–Crippen MR) is 151 cm³/mol. The Morgan fingerprint density at radius 1 is 1.00 bits per heavy atom. The molecule has 0 aliphatic rings. The third-order valence-corrected chi connectivity index (χ3v) is 8.68. The lowest BCUT2D eigenvalue weighted by Gasteiger charge is -2.32. The maximum atomic E-state index is 13.9. The van der Waals surface area contributed by atoms with E-state index >= 15 is 0 Å². The summed E-state index contributed by atoms with van der Waals surface area (Å²) in [6.45, 7) is 6.54. The fourth-order valence-corrected chi connectivity index (χ4v) is 5.42. The SMILES string of the molecule is CC[C@H](C)NC(=O)[C@H](C)N(Cc1ccc(F)cc1)C(=O)CN(c1ccc(C)c(Cl)c1)S(=O)(=O)c1ccccc1. The fraction of sp³-hybridized carbons (Fsp3) is 0.310. The molecule has 0 aliphatic heterocycles. The molecule has 7 nitrogen and oxygen atoms in total. The number of aryl methyl sites for hydroxylation is 1. The molecule has 0 saturated heterocycles. The van der Waals surface area contributed by atoms with Crippen molar-refractivity contribution in [3.63, 3.8) is 0 Å². The van der Waals surface area contributed by atoms with Crippen molar-refractivity contribution < 1.29 is 22.4 Å². The summed E-state index contributed by atoms with van der Waals surface area (Å²) >= 11 is 6.33. The van der Waals surface area contributed by atoms with Gasteiger partial charge in [0, 0.05) is 17.6 Å². The second-order valence-electron chi connectivity index (χ2n) is 9.40. The van der Waals surface area contributed by atoms with E-state index in [1.165, 1.54) is 47.4 Å². The van der Waals surface area contributed by atoms with Gasteiger partial charge < -0.3 is 10.2 Å². The molecule has 3 rings (SSSR count). The number of anilines is 1.